The predicted octanol–water partition coefficient (Wildman–Crippen LogP) is 0.224. The molecule has 0 radical (unpaired) electrons. The molecule has 0 amide bonds. The number of hydrogen-bond acceptors (Lipinski definition) is 6. The van der Waals surface area contributed by atoms with Crippen molar-refractivity contribution in [1.82, 2.24) is 9.97 Å². The van der Waals surface area contributed by atoms with E-state index in [1.165, 1.54) is 0 Å². The van der Waals surface area contributed by atoms with Crippen LogP contribution in [0.15, 0.2) is 12.4 Å². The molecule has 0 aromatic carbocycles. The first-order valence-corrected chi connectivity index (χ1v) is 6.86. The zero-order valence-electron chi connectivity index (χ0n) is 11.2. The van der Waals surface area contributed by atoms with E-state index in [9.17, 15) is 4.79 Å². The normalized spacial score (nSPS) is 23.1. The van der Waals surface area contributed by atoms with Crippen LogP contribution in [0.4, 0.5) is 11.6 Å². The van der Waals surface area contributed by atoms with E-state index in [2.05, 4.69) is 14.9 Å². The number of ether oxygens (including phenoxy) is 1. The lowest BCUT2D eigenvalue weighted by Gasteiger charge is -2.28. The number of anilines is 2. The molecule has 108 valence electrons. The first kappa shape index (κ1) is 13.1. The van der Waals surface area contributed by atoms with Crippen molar-refractivity contribution in [3.8, 4) is 0 Å². The first-order valence-electron chi connectivity index (χ1n) is 6.86. The van der Waals surface area contributed by atoms with Crippen LogP contribution in [0.5, 0.6) is 0 Å². The van der Waals surface area contributed by atoms with Gasteiger partial charge >= 0.3 is 5.97 Å². The second-order valence-corrected chi connectivity index (χ2v) is 5.10. The molecule has 1 aromatic heterocycles. The van der Waals surface area contributed by atoms with Crippen molar-refractivity contribution in [3.63, 3.8) is 0 Å². The van der Waals surface area contributed by atoms with Crippen LogP contribution >= 0.6 is 0 Å². The van der Waals surface area contributed by atoms with Crippen LogP contribution in [0.2, 0.25) is 0 Å². The molecule has 2 saturated heterocycles. The standard InChI is InChI=1S/C13H18N4O3/c18-13(19)10-1-2-17(8-10)12-7-11(14-9-15-12)16-3-5-20-6-4-16/h7,9-10H,1-6,8H2,(H,18,19). The molecule has 0 aliphatic carbocycles. The third kappa shape index (κ3) is 2.67. The van der Waals surface area contributed by atoms with Gasteiger partial charge in [-0.15, -0.1) is 0 Å². The molecule has 20 heavy (non-hydrogen) atoms. The molecule has 3 heterocycles. The third-order valence-corrected chi connectivity index (χ3v) is 3.83. The fourth-order valence-corrected chi connectivity index (χ4v) is 2.65. The molecule has 0 bridgehead atoms. The second kappa shape index (κ2) is 5.62. The van der Waals surface area contributed by atoms with Crippen molar-refractivity contribution in [2.24, 2.45) is 5.92 Å². The summed E-state index contributed by atoms with van der Waals surface area (Å²) in [6.07, 6.45) is 2.22. The van der Waals surface area contributed by atoms with Crippen molar-refractivity contribution in [3.05, 3.63) is 12.4 Å². The monoisotopic (exact) mass is 278 g/mol. The van der Waals surface area contributed by atoms with Crippen molar-refractivity contribution >= 4 is 17.6 Å². The largest absolute Gasteiger partial charge is 0.481 e. The number of carboxylic acid groups (broad SMARTS) is 1. The molecule has 1 aromatic rings. The molecule has 1 N–H and O–H groups in total. The molecule has 7 nitrogen and oxygen atoms in total. The van der Waals surface area contributed by atoms with Gasteiger partial charge in [-0.2, -0.15) is 0 Å². The van der Waals surface area contributed by atoms with Gasteiger partial charge in [-0.25, -0.2) is 9.97 Å². The van der Waals surface area contributed by atoms with Crippen LogP contribution in [-0.4, -0.2) is 60.4 Å². The molecular weight excluding hydrogens is 260 g/mol. The lowest BCUT2D eigenvalue weighted by molar-refractivity contribution is -0.140. The SMILES string of the molecule is O=C(O)C1CCN(c2cc(N3CCOCC3)ncn2)C1. The molecule has 2 aliphatic heterocycles. The highest BCUT2D eigenvalue weighted by atomic mass is 16.5. The lowest BCUT2D eigenvalue weighted by atomic mass is 10.1. The highest BCUT2D eigenvalue weighted by molar-refractivity contribution is 5.72. The highest BCUT2D eigenvalue weighted by Gasteiger charge is 2.29. The molecule has 2 fully saturated rings. The fraction of sp³-hybridized carbons (Fsp3) is 0.615. The maximum absolute atomic E-state index is 11.0. The van der Waals surface area contributed by atoms with Gasteiger partial charge in [0.25, 0.3) is 0 Å². The Morgan fingerprint density at radius 3 is 2.55 bits per heavy atom. The van der Waals surface area contributed by atoms with E-state index in [4.69, 9.17) is 9.84 Å². The molecule has 1 unspecified atom stereocenters. The van der Waals surface area contributed by atoms with Gasteiger partial charge in [0, 0.05) is 32.2 Å². The summed E-state index contributed by atoms with van der Waals surface area (Å²) in [5.74, 6) is 0.675. The van der Waals surface area contributed by atoms with E-state index < -0.39 is 5.97 Å². The number of aromatic nitrogens is 2. The number of hydrogen-bond donors (Lipinski definition) is 1. The number of rotatable bonds is 3. The third-order valence-electron chi connectivity index (χ3n) is 3.83. The lowest BCUT2D eigenvalue weighted by Crippen LogP contribution is -2.37. The van der Waals surface area contributed by atoms with Crippen molar-refractivity contribution in [2.75, 3.05) is 49.2 Å². The molecule has 0 saturated carbocycles. The van der Waals surface area contributed by atoms with Crippen LogP contribution in [0.25, 0.3) is 0 Å². The minimum Gasteiger partial charge on any atom is -0.481 e. The predicted molar refractivity (Wildman–Crippen MR) is 73.0 cm³/mol. The summed E-state index contributed by atoms with van der Waals surface area (Å²) < 4.78 is 5.33. The van der Waals surface area contributed by atoms with Crippen LogP contribution in [0.1, 0.15) is 6.42 Å². The summed E-state index contributed by atoms with van der Waals surface area (Å²) >= 11 is 0. The summed E-state index contributed by atoms with van der Waals surface area (Å²) in [5, 5.41) is 9.05. The van der Waals surface area contributed by atoms with Gasteiger partial charge in [0.15, 0.2) is 0 Å². The van der Waals surface area contributed by atoms with Gasteiger partial charge < -0.3 is 19.6 Å². The molecular formula is C13H18N4O3. The number of aliphatic carboxylic acids is 1. The maximum atomic E-state index is 11.0. The topological polar surface area (TPSA) is 78.8 Å². The Hall–Kier alpha value is -1.89. The fourth-order valence-electron chi connectivity index (χ4n) is 2.65. The number of carbonyl (C=O) groups is 1. The van der Waals surface area contributed by atoms with Crippen molar-refractivity contribution < 1.29 is 14.6 Å². The second-order valence-electron chi connectivity index (χ2n) is 5.10. The van der Waals surface area contributed by atoms with Crippen LogP contribution < -0.4 is 9.80 Å². The van der Waals surface area contributed by atoms with Gasteiger partial charge in [0.05, 0.1) is 19.1 Å². The first-order chi connectivity index (χ1) is 9.74. The Morgan fingerprint density at radius 1 is 1.20 bits per heavy atom. The van der Waals surface area contributed by atoms with Gasteiger partial charge in [0.1, 0.15) is 18.0 Å². The average Bonchev–Trinajstić information content (AvgIpc) is 2.98. The van der Waals surface area contributed by atoms with Crippen molar-refractivity contribution in [1.29, 1.82) is 0 Å². The van der Waals surface area contributed by atoms with E-state index in [0.29, 0.717) is 26.2 Å². The van der Waals surface area contributed by atoms with Gasteiger partial charge in [-0.3, -0.25) is 4.79 Å². The Balaban J connectivity index is 1.73. The molecule has 0 spiro atoms. The summed E-state index contributed by atoms with van der Waals surface area (Å²) in [6, 6.07) is 1.94. The summed E-state index contributed by atoms with van der Waals surface area (Å²) in [5.41, 5.74) is 0. The average molecular weight is 278 g/mol. The van der Waals surface area contributed by atoms with E-state index in [0.717, 1.165) is 31.3 Å². The Morgan fingerprint density at radius 2 is 1.90 bits per heavy atom. The number of carboxylic acids is 1. The van der Waals surface area contributed by atoms with E-state index >= 15 is 0 Å². The zero-order chi connectivity index (χ0) is 13.9. The highest BCUT2D eigenvalue weighted by Crippen LogP contribution is 2.24. The van der Waals surface area contributed by atoms with Crippen molar-refractivity contribution in [2.45, 2.75) is 6.42 Å². The van der Waals surface area contributed by atoms with E-state index in [1.54, 1.807) is 6.33 Å². The Labute approximate surface area is 117 Å². The molecule has 2 aliphatic rings. The Kier molecular flexibility index (Phi) is 3.68. The molecule has 7 heteroatoms. The summed E-state index contributed by atoms with van der Waals surface area (Å²) in [4.78, 5) is 23.8. The van der Waals surface area contributed by atoms with Gasteiger partial charge in [-0.1, -0.05) is 0 Å². The molecule has 3 rings (SSSR count). The van der Waals surface area contributed by atoms with Crippen LogP contribution in [-0.2, 0) is 9.53 Å². The minimum absolute atomic E-state index is 0.295. The number of morpholine rings is 1. The molecule has 1 atom stereocenters. The number of nitrogens with zero attached hydrogens (tertiary/aromatic N) is 4. The van der Waals surface area contributed by atoms with E-state index in [-0.39, 0.29) is 5.92 Å². The van der Waals surface area contributed by atoms with Crippen LogP contribution in [0, 0.1) is 5.92 Å². The smallest absolute Gasteiger partial charge is 0.308 e. The quantitative estimate of drug-likeness (QED) is 0.847. The maximum Gasteiger partial charge on any atom is 0.308 e. The van der Waals surface area contributed by atoms with Gasteiger partial charge in [-0.05, 0) is 6.42 Å². The van der Waals surface area contributed by atoms with Crippen LogP contribution in [0.3, 0.4) is 0 Å². The Bertz CT molecular complexity index is 490. The zero-order valence-corrected chi connectivity index (χ0v) is 11.2. The minimum atomic E-state index is -0.727. The summed E-state index contributed by atoms with van der Waals surface area (Å²) in [7, 11) is 0. The van der Waals surface area contributed by atoms with Gasteiger partial charge in [0.2, 0.25) is 0 Å². The van der Waals surface area contributed by atoms with E-state index in [1.807, 2.05) is 11.0 Å². The summed E-state index contributed by atoms with van der Waals surface area (Å²) in [6.45, 7) is 4.34.